The lowest BCUT2D eigenvalue weighted by atomic mass is 10.0. The highest BCUT2D eigenvalue weighted by atomic mass is 16.7. The van der Waals surface area contributed by atoms with Gasteiger partial charge in [0.05, 0.1) is 5.92 Å². The van der Waals surface area contributed by atoms with E-state index < -0.39 is 17.8 Å². The Morgan fingerprint density at radius 3 is 2.43 bits per heavy atom. The maximum atomic E-state index is 12.1. The van der Waals surface area contributed by atoms with Crippen molar-refractivity contribution in [3.63, 3.8) is 0 Å². The molecule has 1 heterocycles. The third-order valence-corrected chi connectivity index (χ3v) is 4.48. The predicted octanol–water partition coefficient (Wildman–Crippen LogP) is 2.55. The molecule has 0 spiro atoms. The summed E-state index contributed by atoms with van der Waals surface area (Å²) in [6.07, 6.45) is 0.920. The summed E-state index contributed by atoms with van der Waals surface area (Å²) in [6, 6.07) is 14.2. The fraction of sp³-hybridized carbons (Fsp3) is 0.278. The first-order chi connectivity index (χ1) is 11.1. The molecular formula is C18H15NO4. The van der Waals surface area contributed by atoms with Crippen molar-refractivity contribution in [2.24, 2.45) is 5.92 Å². The van der Waals surface area contributed by atoms with Crippen LogP contribution in [0.25, 0.3) is 10.8 Å². The molecule has 5 nitrogen and oxygen atoms in total. The van der Waals surface area contributed by atoms with Crippen LogP contribution >= 0.6 is 0 Å². The van der Waals surface area contributed by atoms with Crippen molar-refractivity contribution in [3.8, 4) is 0 Å². The van der Waals surface area contributed by atoms with E-state index in [1.54, 1.807) is 0 Å². The molecule has 4 rings (SSSR count). The zero-order valence-corrected chi connectivity index (χ0v) is 12.4. The fourth-order valence-electron chi connectivity index (χ4n) is 3.08. The summed E-state index contributed by atoms with van der Waals surface area (Å²) in [5, 5.41) is 2.91. The SMILES string of the molecule is O=C(ON1C(=O)CCC1=O)[C@@H]1C[C@H]1c1ccc2ccccc2c1. The van der Waals surface area contributed by atoms with Crippen LogP contribution in [-0.4, -0.2) is 22.8 Å². The van der Waals surface area contributed by atoms with Crippen LogP contribution in [-0.2, 0) is 19.2 Å². The number of rotatable bonds is 3. The van der Waals surface area contributed by atoms with E-state index in [0.29, 0.717) is 11.5 Å². The van der Waals surface area contributed by atoms with Gasteiger partial charge in [-0.15, -0.1) is 5.06 Å². The van der Waals surface area contributed by atoms with E-state index in [4.69, 9.17) is 4.84 Å². The molecular weight excluding hydrogens is 294 g/mol. The van der Waals surface area contributed by atoms with Gasteiger partial charge in [-0.25, -0.2) is 4.79 Å². The number of hydroxylamine groups is 2. The predicted molar refractivity (Wildman–Crippen MR) is 82.0 cm³/mol. The lowest BCUT2D eigenvalue weighted by Gasteiger charge is -2.12. The van der Waals surface area contributed by atoms with Crippen molar-refractivity contribution in [3.05, 3.63) is 48.0 Å². The molecule has 0 aromatic heterocycles. The van der Waals surface area contributed by atoms with Gasteiger partial charge in [0.1, 0.15) is 0 Å². The number of fused-ring (bicyclic) bond motifs is 1. The Morgan fingerprint density at radius 1 is 1.00 bits per heavy atom. The molecule has 1 aliphatic carbocycles. The molecule has 2 amide bonds. The van der Waals surface area contributed by atoms with E-state index >= 15 is 0 Å². The number of nitrogens with zero attached hydrogens (tertiary/aromatic N) is 1. The Hall–Kier alpha value is -2.69. The van der Waals surface area contributed by atoms with E-state index in [-0.39, 0.29) is 24.7 Å². The number of carbonyl (C=O) groups is 3. The molecule has 0 bridgehead atoms. The van der Waals surface area contributed by atoms with Crippen LogP contribution in [0.3, 0.4) is 0 Å². The third-order valence-electron chi connectivity index (χ3n) is 4.48. The highest BCUT2D eigenvalue weighted by molar-refractivity contribution is 6.01. The van der Waals surface area contributed by atoms with Gasteiger partial charge < -0.3 is 4.84 Å². The third kappa shape index (κ3) is 2.48. The first kappa shape index (κ1) is 13.9. The van der Waals surface area contributed by atoms with Crippen molar-refractivity contribution >= 4 is 28.6 Å². The topological polar surface area (TPSA) is 63.7 Å². The number of hydrogen-bond acceptors (Lipinski definition) is 4. The van der Waals surface area contributed by atoms with E-state index in [9.17, 15) is 14.4 Å². The Labute approximate surface area is 132 Å². The molecule has 23 heavy (non-hydrogen) atoms. The molecule has 1 saturated carbocycles. The number of imide groups is 1. The maximum absolute atomic E-state index is 12.1. The standard InChI is InChI=1S/C18H15NO4/c20-16-7-8-17(21)19(16)23-18(22)15-10-14(15)13-6-5-11-3-1-2-4-12(11)9-13/h1-6,9,14-15H,7-8,10H2/t14-,15+/m0/s1. The van der Waals surface area contributed by atoms with Gasteiger partial charge in [0.25, 0.3) is 11.8 Å². The van der Waals surface area contributed by atoms with Crippen molar-refractivity contribution in [1.82, 2.24) is 5.06 Å². The summed E-state index contributed by atoms with van der Waals surface area (Å²) >= 11 is 0. The lowest BCUT2D eigenvalue weighted by molar-refractivity contribution is -0.198. The van der Waals surface area contributed by atoms with Gasteiger partial charge in [0.2, 0.25) is 0 Å². The van der Waals surface area contributed by atoms with Crippen LogP contribution in [0.4, 0.5) is 0 Å². The molecule has 0 radical (unpaired) electrons. The summed E-state index contributed by atoms with van der Waals surface area (Å²) in [6.45, 7) is 0. The molecule has 0 N–H and O–H groups in total. The van der Waals surface area contributed by atoms with Gasteiger partial charge in [-0.1, -0.05) is 42.5 Å². The molecule has 2 aromatic carbocycles. The Morgan fingerprint density at radius 2 is 1.70 bits per heavy atom. The number of hydrogen-bond donors (Lipinski definition) is 0. The summed E-state index contributed by atoms with van der Waals surface area (Å²) in [5.41, 5.74) is 1.09. The molecule has 1 aliphatic heterocycles. The van der Waals surface area contributed by atoms with Crippen LogP contribution in [0.1, 0.15) is 30.7 Å². The molecule has 2 atom stereocenters. The zero-order valence-electron chi connectivity index (χ0n) is 12.4. The average Bonchev–Trinajstić information content (AvgIpc) is 3.31. The minimum Gasteiger partial charge on any atom is -0.330 e. The quantitative estimate of drug-likeness (QED) is 0.817. The Bertz CT molecular complexity index is 813. The second kappa shape index (κ2) is 5.19. The smallest absolute Gasteiger partial charge is 0.330 e. The van der Waals surface area contributed by atoms with Gasteiger partial charge in [-0.2, -0.15) is 0 Å². The zero-order chi connectivity index (χ0) is 16.0. The van der Waals surface area contributed by atoms with Gasteiger partial charge in [-0.3, -0.25) is 9.59 Å². The molecule has 5 heteroatoms. The largest absolute Gasteiger partial charge is 0.336 e. The normalized spacial score (nSPS) is 23.4. The molecule has 2 aliphatic rings. The van der Waals surface area contributed by atoms with Gasteiger partial charge in [0.15, 0.2) is 0 Å². The molecule has 2 fully saturated rings. The van der Waals surface area contributed by atoms with Crippen LogP contribution in [0.5, 0.6) is 0 Å². The second-order valence-corrected chi connectivity index (χ2v) is 6.05. The highest BCUT2D eigenvalue weighted by Crippen LogP contribution is 2.48. The molecule has 0 unspecified atom stereocenters. The summed E-state index contributed by atoms with van der Waals surface area (Å²) < 4.78 is 0. The highest BCUT2D eigenvalue weighted by Gasteiger charge is 2.47. The Kier molecular flexibility index (Phi) is 3.15. The van der Waals surface area contributed by atoms with Gasteiger partial charge >= 0.3 is 5.97 Å². The lowest BCUT2D eigenvalue weighted by Crippen LogP contribution is -2.32. The van der Waals surface area contributed by atoms with Crippen molar-refractivity contribution < 1.29 is 19.2 Å². The average molecular weight is 309 g/mol. The first-order valence-corrected chi connectivity index (χ1v) is 7.70. The number of benzene rings is 2. The van der Waals surface area contributed by atoms with Gasteiger partial charge in [0, 0.05) is 12.8 Å². The van der Waals surface area contributed by atoms with Gasteiger partial charge in [-0.05, 0) is 28.7 Å². The van der Waals surface area contributed by atoms with E-state index in [2.05, 4.69) is 6.07 Å². The molecule has 2 aromatic rings. The van der Waals surface area contributed by atoms with Crippen molar-refractivity contribution in [1.29, 1.82) is 0 Å². The summed E-state index contributed by atoms with van der Waals surface area (Å²) in [7, 11) is 0. The van der Waals surface area contributed by atoms with Crippen molar-refractivity contribution in [2.75, 3.05) is 0 Å². The second-order valence-electron chi connectivity index (χ2n) is 6.05. The van der Waals surface area contributed by atoms with Crippen LogP contribution in [0, 0.1) is 5.92 Å². The van der Waals surface area contributed by atoms with E-state index in [1.807, 2.05) is 36.4 Å². The molecule has 116 valence electrons. The number of amides is 2. The first-order valence-electron chi connectivity index (χ1n) is 7.70. The van der Waals surface area contributed by atoms with Crippen LogP contribution in [0.15, 0.2) is 42.5 Å². The van der Waals surface area contributed by atoms with Crippen LogP contribution < -0.4 is 0 Å². The Balaban J connectivity index is 1.47. The minimum atomic E-state index is -0.494. The minimum absolute atomic E-state index is 0.0971. The van der Waals surface area contributed by atoms with Crippen molar-refractivity contribution in [2.45, 2.75) is 25.2 Å². The van der Waals surface area contributed by atoms with E-state index in [1.165, 1.54) is 0 Å². The maximum Gasteiger partial charge on any atom is 0.336 e. The fourth-order valence-corrected chi connectivity index (χ4v) is 3.08. The summed E-state index contributed by atoms with van der Waals surface area (Å²) in [4.78, 5) is 40.1. The monoisotopic (exact) mass is 309 g/mol. The van der Waals surface area contributed by atoms with E-state index in [0.717, 1.165) is 16.3 Å². The molecule has 1 saturated heterocycles. The number of carbonyl (C=O) groups excluding carboxylic acids is 3. The summed E-state index contributed by atoms with van der Waals surface area (Å²) in [5.74, 6) is -1.55. The van der Waals surface area contributed by atoms with Crippen LogP contribution in [0.2, 0.25) is 0 Å².